The molecule has 0 spiro atoms. The average molecular weight is 202 g/mol. The summed E-state index contributed by atoms with van der Waals surface area (Å²) in [6.07, 6.45) is -2.17. The van der Waals surface area contributed by atoms with E-state index in [4.69, 9.17) is 10.2 Å². The predicted molar refractivity (Wildman–Crippen MR) is 43.7 cm³/mol. The highest BCUT2D eigenvalue weighted by Crippen LogP contribution is 2.23. The van der Waals surface area contributed by atoms with Crippen molar-refractivity contribution in [1.82, 2.24) is 0 Å². The molecule has 0 saturated heterocycles. The van der Waals surface area contributed by atoms with Gasteiger partial charge in [0.15, 0.2) is 6.10 Å². The first-order chi connectivity index (χ1) is 6.45. The molecule has 5 heteroatoms. The Hall–Kier alpha value is -1.49. The standard InChI is InChI=1S/C9H8F2O3/c1-4-2-3-5(10)6(7(4)11)8(12)9(13)14/h2-3,8,12H,1H3,(H,13,14). The molecular weight excluding hydrogens is 194 g/mol. The number of hydrogen-bond acceptors (Lipinski definition) is 2. The summed E-state index contributed by atoms with van der Waals surface area (Å²) in [7, 11) is 0. The SMILES string of the molecule is Cc1ccc(F)c(C(O)C(=O)O)c1F. The van der Waals surface area contributed by atoms with E-state index < -0.39 is 29.3 Å². The Balaban J connectivity index is 3.32. The lowest BCUT2D eigenvalue weighted by Crippen LogP contribution is -2.14. The molecule has 76 valence electrons. The number of aliphatic hydroxyl groups is 1. The van der Waals surface area contributed by atoms with Crippen molar-refractivity contribution < 1.29 is 23.8 Å². The van der Waals surface area contributed by atoms with E-state index in [9.17, 15) is 13.6 Å². The fourth-order valence-corrected chi connectivity index (χ4v) is 1.05. The van der Waals surface area contributed by atoms with Crippen molar-refractivity contribution in [2.45, 2.75) is 13.0 Å². The van der Waals surface area contributed by atoms with Crippen LogP contribution in [0.4, 0.5) is 8.78 Å². The van der Waals surface area contributed by atoms with Gasteiger partial charge in [0.1, 0.15) is 11.6 Å². The fourth-order valence-electron chi connectivity index (χ4n) is 1.05. The maximum absolute atomic E-state index is 13.2. The Kier molecular flexibility index (Phi) is 2.81. The van der Waals surface area contributed by atoms with Gasteiger partial charge >= 0.3 is 5.97 Å². The van der Waals surface area contributed by atoms with Gasteiger partial charge in [0, 0.05) is 0 Å². The number of aryl methyl sites for hydroxylation is 1. The van der Waals surface area contributed by atoms with Crippen LogP contribution in [-0.2, 0) is 4.79 Å². The smallest absolute Gasteiger partial charge is 0.337 e. The number of carbonyl (C=O) groups is 1. The summed E-state index contributed by atoms with van der Waals surface area (Å²) in [6, 6.07) is 2.09. The third-order valence-corrected chi connectivity index (χ3v) is 1.83. The van der Waals surface area contributed by atoms with Crippen molar-refractivity contribution in [3.05, 3.63) is 34.9 Å². The summed E-state index contributed by atoms with van der Waals surface area (Å²) in [6.45, 7) is 1.35. The highest BCUT2D eigenvalue weighted by molar-refractivity contribution is 5.74. The summed E-state index contributed by atoms with van der Waals surface area (Å²) in [5.74, 6) is -3.78. The number of rotatable bonds is 2. The Labute approximate surface area is 78.6 Å². The van der Waals surface area contributed by atoms with E-state index in [1.54, 1.807) is 0 Å². The molecule has 2 N–H and O–H groups in total. The molecule has 1 aromatic rings. The molecule has 1 atom stereocenters. The summed E-state index contributed by atoms with van der Waals surface area (Å²) >= 11 is 0. The first kappa shape index (κ1) is 10.6. The van der Waals surface area contributed by atoms with Crippen LogP contribution in [0.3, 0.4) is 0 Å². The van der Waals surface area contributed by atoms with Crippen LogP contribution in [0.2, 0.25) is 0 Å². The van der Waals surface area contributed by atoms with Crippen molar-refractivity contribution >= 4 is 5.97 Å². The molecule has 0 aromatic heterocycles. The first-order valence-corrected chi connectivity index (χ1v) is 3.80. The van der Waals surface area contributed by atoms with E-state index in [0.29, 0.717) is 0 Å². The molecule has 1 aromatic carbocycles. The minimum absolute atomic E-state index is 0.0849. The molecule has 0 saturated carbocycles. The summed E-state index contributed by atoms with van der Waals surface area (Å²) in [5.41, 5.74) is -0.737. The van der Waals surface area contributed by atoms with Gasteiger partial charge in [-0.05, 0) is 18.6 Å². The summed E-state index contributed by atoms with van der Waals surface area (Å²) in [5, 5.41) is 17.4. The molecule has 3 nitrogen and oxygen atoms in total. The number of carboxylic acids is 1. The second-order valence-electron chi connectivity index (χ2n) is 2.83. The Morgan fingerprint density at radius 2 is 2.00 bits per heavy atom. The van der Waals surface area contributed by atoms with Crippen LogP contribution in [0.25, 0.3) is 0 Å². The number of aliphatic carboxylic acids is 1. The molecule has 1 rings (SSSR count). The van der Waals surface area contributed by atoms with Crippen molar-refractivity contribution in [1.29, 1.82) is 0 Å². The van der Waals surface area contributed by atoms with Crippen molar-refractivity contribution in [3.63, 3.8) is 0 Å². The minimum Gasteiger partial charge on any atom is -0.479 e. The van der Waals surface area contributed by atoms with Gasteiger partial charge in [-0.1, -0.05) is 6.07 Å². The van der Waals surface area contributed by atoms with Crippen LogP contribution in [0.5, 0.6) is 0 Å². The van der Waals surface area contributed by atoms with Crippen LogP contribution in [0.1, 0.15) is 17.2 Å². The Bertz CT molecular complexity index is 377. The summed E-state index contributed by atoms with van der Waals surface area (Å²) < 4.78 is 26.2. The Morgan fingerprint density at radius 1 is 1.43 bits per heavy atom. The van der Waals surface area contributed by atoms with E-state index in [1.807, 2.05) is 0 Å². The molecule has 0 aliphatic heterocycles. The topological polar surface area (TPSA) is 57.5 Å². The molecule has 0 aliphatic carbocycles. The molecule has 0 radical (unpaired) electrons. The average Bonchev–Trinajstić information content (AvgIpc) is 2.12. The highest BCUT2D eigenvalue weighted by Gasteiger charge is 2.24. The normalized spacial score (nSPS) is 12.6. The molecule has 0 heterocycles. The number of hydrogen-bond donors (Lipinski definition) is 2. The largest absolute Gasteiger partial charge is 0.479 e. The van der Waals surface area contributed by atoms with Gasteiger partial charge in [0.05, 0.1) is 5.56 Å². The monoisotopic (exact) mass is 202 g/mol. The van der Waals surface area contributed by atoms with Gasteiger partial charge in [-0.15, -0.1) is 0 Å². The molecule has 1 unspecified atom stereocenters. The van der Waals surface area contributed by atoms with Gasteiger partial charge in [-0.3, -0.25) is 0 Å². The van der Waals surface area contributed by atoms with Crippen LogP contribution >= 0.6 is 0 Å². The third kappa shape index (κ3) is 1.72. The third-order valence-electron chi connectivity index (χ3n) is 1.83. The predicted octanol–water partition coefficient (Wildman–Crippen LogP) is 1.39. The second-order valence-corrected chi connectivity index (χ2v) is 2.83. The number of benzene rings is 1. The Morgan fingerprint density at radius 3 is 2.50 bits per heavy atom. The van der Waals surface area contributed by atoms with Gasteiger partial charge in [-0.2, -0.15) is 0 Å². The van der Waals surface area contributed by atoms with E-state index in [2.05, 4.69) is 0 Å². The zero-order valence-corrected chi connectivity index (χ0v) is 7.29. The maximum Gasteiger partial charge on any atom is 0.337 e. The van der Waals surface area contributed by atoms with Crippen LogP contribution < -0.4 is 0 Å². The van der Waals surface area contributed by atoms with E-state index in [0.717, 1.165) is 6.07 Å². The number of aliphatic hydroxyl groups excluding tert-OH is 1. The lowest BCUT2D eigenvalue weighted by Gasteiger charge is -2.09. The molecule has 14 heavy (non-hydrogen) atoms. The lowest BCUT2D eigenvalue weighted by molar-refractivity contribution is -0.147. The minimum atomic E-state index is -2.17. The number of halogens is 2. The maximum atomic E-state index is 13.2. The first-order valence-electron chi connectivity index (χ1n) is 3.80. The quantitative estimate of drug-likeness (QED) is 0.761. The summed E-state index contributed by atoms with van der Waals surface area (Å²) in [4.78, 5) is 10.3. The van der Waals surface area contributed by atoms with Crippen LogP contribution in [-0.4, -0.2) is 16.2 Å². The zero-order valence-electron chi connectivity index (χ0n) is 7.29. The van der Waals surface area contributed by atoms with E-state index >= 15 is 0 Å². The van der Waals surface area contributed by atoms with Crippen LogP contribution in [0, 0.1) is 18.6 Å². The molecule has 0 amide bonds. The van der Waals surface area contributed by atoms with Crippen molar-refractivity contribution in [2.24, 2.45) is 0 Å². The van der Waals surface area contributed by atoms with E-state index in [1.165, 1.54) is 13.0 Å². The fraction of sp³-hybridized carbons (Fsp3) is 0.222. The van der Waals surface area contributed by atoms with Gasteiger partial charge in [0.2, 0.25) is 0 Å². The van der Waals surface area contributed by atoms with E-state index in [-0.39, 0.29) is 5.56 Å². The van der Waals surface area contributed by atoms with Crippen molar-refractivity contribution in [2.75, 3.05) is 0 Å². The highest BCUT2D eigenvalue weighted by atomic mass is 19.1. The second kappa shape index (κ2) is 3.71. The van der Waals surface area contributed by atoms with Gasteiger partial charge in [-0.25, -0.2) is 13.6 Å². The zero-order chi connectivity index (χ0) is 10.9. The molecule has 0 bridgehead atoms. The van der Waals surface area contributed by atoms with Gasteiger partial charge < -0.3 is 10.2 Å². The molecular formula is C9H8F2O3. The lowest BCUT2D eigenvalue weighted by atomic mass is 10.0. The molecule has 0 fully saturated rings. The van der Waals surface area contributed by atoms with Crippen molar-refractivity contribution in [3.8, 4) is 0 Å². The van der Waals surface area contributed by atoms with Crippen LogP contribution in [0.15, 0.2) is 12.1 Å². The molecule has 0 aliphatic rings. The number of carboxylic acid groups (broad SMARTS) is 1. The van der Waals surface area contributed by atoms with Gasteiger partial charge in [0.25, 0.3) is 0 Å².